The Morgan fingerprint density at radius 3 is 2.74 bits per heavy atom. The molecule has 0 atom stereocenters. The Kier molecular flexibility index (Phi) is 5.88. The van der Waals surface area contributed by atoms with Gasteiger partial charge in [-0.3, -0.25) is 9.48 Å². The number of hydrogen-bond donors (Lipinski definition) is 2. The Balaban J connectivity index is 1.56. The molecular formula is C14H24N4O. The first-order valence-corrected chi connectivity index (χ1v) is 7.32. The van der Waals surface area contributed by atoms with Gasteiger partial charge in [-0.15, -0.1) is 0 Å². The minimum atomic E-state index is 0.118. The van der Waals surface area contributed by atoms with E-state index in [0.29, 0.717) is 12.6 Å². The molecule has 0 bridgehead atoms. The molecule has 0 radical (unpaired) electrons. The molecule has 5 nitrogen and oxygen atoms in total. The number of hydrogen-bond acceptors (Lipinski definition) is 3. The molecule has 0 spiro atoms. The Labute approximate surface area is 114 Å². The fraction of sp³-hybridized carbons (Fsp3) is 0.714. The summed E-state index contributed by atoms with van der Waals surface area (Å²) in [5.74, 6) is 0.118. The Hall–Kier alpha value is -1.36. The van der Waals surface area contributed by atoms with Crippen molar-refractivity contribution in [3.05, 3.63) is 18.5 Å². The first-order valence-electron chi connectivity index (χ1n) is 7.32. The summed E-state index contributed by atoms with van der Waals surface area (Å²) in [6.07, 6.45) is 11.1. The van der Waals surface area contributed by atoms with Gasteiger partial charge in [0.05, 0.1) is 13.1 Å². The maximum Gasteiger partial charge on any atom is 0.234 e. The van der Waals surface area contributed by atoms with Gasteiger partial charge in [0.15, 0.2) is 0 Å². The van der Waals surface area contributed by atoms with Gasteiger partial charge >= 0.3 is 0 Å². The van der Waals surface area contributed by atoms with Crippen molar-refractivity contribution in [2.24, 2.45) is 0 Å². The minimum Gasteiger partial charge on any atom is -0.352 e. The van der Waals surface area contributed by atoms with Gasteiger partial charge < -0.3 is 10.6 Å². The van der Waals surface area contributed by atoms with Crippen LogP contribution in [0.5, 0.6) is 0 Å². The first kappa shape index (κ1) is 14.1. The van der Waals surface area contributed by atoms with Crippen LogP contribution in [0.15, 0.2) is 18.5 Å². The lowest BCUT2D eigenvalue weighted by Crippen LogP contribution is -2.40. The molecule has 1 saturated carbocycles. The number of carbonyl (C=O) groups is 1. The highest BCUT2D eigenvalue weighted by molar-refractivity contribution is 5.78. The Morgan fingerprint density at radius 2 is 2.05 bits per heavy atom. The molecular weight excluding hydrogens is 240 g/mol. The van der Waals surface area contributed by atoms with Crippen molar-refractivity contribution in [3.63, 3.8) is 0 Å². The summed E-state index contributed by atoms with van der Waals surface area (Å²) < 4.78 is 1.86. The largest absolute Gasteiger partial charge is 0.352 e. The van der Waals surface area contributed by atoms with Crippen LogP contribution in [-0.2, 0) is 11.3 Å². The van der Waals surface area contributed by atoms with Gasteiger partial charge in [-0.25, -0.2) is 0 Å². The van der Waals surface area contributed by atoms with Crippen molar-refractivity contribution >= 4 is 5.91 Å². The highest BCUT2D eigenvalue weighted by Gasteiger charge is 2.13. The van der Waals surface area contributed by atoms with Crippen LogP contribution in [0.4, 0.5) is 0 Å². The van der Waals surface area contributed by atoms with Crippen molar-refractivity contribution in [2.75, 3.05) is 13.1 Å². The van der Waals surface area contributed by atoms with Crippen LogP contribution in [0.2, 0.25) is 0 Å². The molecule has 5 heteroatoms. The molecule has 0 saturated heterocycles. The van der Waals surface area contributed by atoms with E-state index in [1.165, 1.54) is 25.7 Å². The second kappa shape index (κ2) is 7.94. The molecule has 19 heavy (non-hydrogen) atoms. The van der Waals surface area contributed by atoms with Crippen molar-refractivity contribution in [1.29, 1.82) is 0 Å². The van der Waals surface area contributed by atoms with Crippen LogP contribution in [-0.4, -0.2) is 34.8 Å². The van der Waals surface area contributed by atoms with Crippen LogP contribution in [0.25, 0.3) is 0 Å². The van der Waals surface area contributed by atoms with Crippen molar-refractivity contribution in [3.8, 4) is 0 Å². The number of rotatable bonds is 6. The van der Waals surface area contributed by atoms with Gasteiger partial charge in [-0.1, -0.05) is 25.7 Å². The lowest BCUT2D eigenvalue weighted by molar-refractivity contribution is -0.121. The minimum absolute atomic E-state index is 0.118. The molecule has 1 aromatic rings. The van der Waals surface area contributed by atoms with Crippen molar-refractivity contribution in [1.82, 2.24) is 20.4 Å². The van der Waals surface area contributed by atoms with Crippen LogP contribution >= 0.6 is 0 Å². The van der Waals surface area contributed by atoms with Gasteiger partial charge in [-0.05, 0) is 18.9 Å². The van der Waals surface area contributed by atoms with E-state index < -0.39 is 0 Å². The molecule has 1 fully saturated rings. The fourth-order valence-corrected chi connectivity index (χ4v) is 2.53. The molecule has 0 aliphatic heterocycles. The summed E-state index contributed by atoms with van der Waals surface area (Å²) in [6.45, 7) is 1.96. The molecule has 2 rings (SSSR count). The molecule has 2 N–H and O–H groups in total. The van der Waals surface area contributed by atoms with Crippen LogP contribution < -0.4 is 10.6 Å². The third-order valence-corrected chi connectivity index (χ3v) is 3.58. The lowest BCUT2D eigenvalue weighted by Gasteiger charge is -2.16. The van der Waals surface area contributed by atoms with E-state index in [4.69, 9.17) is 0 Å². The Bertz CT molecular complexity index is 356. The molecule has 0 aromatic carbocycles. The predicted molar refractivity (Wildman–Crippen MR) is 74.7 cm³/mol. The molecule has 106 valence electrons. The maximum atomic E-state index is 11.8. The smallest absolute Gasteiger partial charge is 0.234 e. The summed E-state index contributed by atoms with van der Waals surface area (Å²) in [5.41, 5.74) is 0. The van der Waals surface area contributed by atoms with Crippen molar-refractivity contribution < 1.29 is 4.79 Å². The average molecular weight is 264 g/mol. The highest BCUT2D eigenvalue weighted by Crippen LogP contribution is 2.16. The monoisotopic (exact) mass is 264 g/mol. The fourth-order valence-electron chi connectivity index (χ4n) is 2.53. The maximum absolute atomic E-state index is 11.8. The van der Waals surface area contributed by atoms with Gasteiger partial charge in [0.1, 0.15) is 0 Å². The number of aromatic nitrogens is 2. The van der Waals surface area contributed by atoms with E-state index in [-0.39, 0.29) is 5.91 Å². The summed E-state index contributed by atoms with van der Waals surface area (Å²) in [7, 11) is 0. The summed E-state index contributed by atoms with van der Waals surface area (Å²) in [5, 5.41) is 10.4. The quantitative estimate of drug-likeness (QED) is 0.601. The van der Waals surface area contributed by atoms with E-state index in [2.05, 4.69) is 15.7 Å². The second-order valence-electron chi connectivity index (χ2n) is 5.20. The standard InChI is InChI=1S/C14H24N4O/c19-14(17-13-6-3-1-2-4-7-13)12-15-9-11-18-10-5-8-16-18/h5,8,10,13,15H,1-4,6-7,9,11-12H2,(H,17,19). The van der Waals surface area contributed by atoms with E-state index in [1.54, 1.807) is 6.20 Å². The molecule has 1 heterocycles. The zero-order chi connectivity index (χ0) is 13.3. The number of nitrogens with zero attached hydrogens (tertiary/aromatic N) is 2. The lowest BCUT2D eigenvalue weighted by atomic mass is 10.1. The third kappa shape index (κ3) is 5.42. The number of nitrogens with one attached hydrogen (secondary N) is 2. The van der Waals surface area contributed by atoms with Crippen LogP contribution in [0, 0.1) is 0 Å². The van der Waals surface area contributed by atoms with Gasteiger partial charge in [0, 0.05) is 25.0 Å². The molecule has 1 aliphatic rings. The summed E-state index contributed by atoms with van der Waals surface area (Å²) in [6, 6.07) is 2.29. The third-order valence-electron chi connectivity index (χ3n) is 3.58. The van der Waals surface area contributed by atoms with E-state index in [9.17, 15) is 4.79 Å². The van der Waals surface area contributed by atoms with E-state index >= 15 is 0 Å². The Morgan fingerprint density at radius 1 is 1.26 bits per heavy atom. The SMILES string of the molecule is O=C(CNCCn1cccn1)NC1CCCCCC1. The second-order valence-corrected chi connectivity index (χ2v) is 5.20. The normalized spacial score (nSPS) is 17.1. The van der Waals surface area contributed by atoms with Crippen LogP contribution in [0.1, 0.15) is 38.5 Å². The molecule has 1 aliphatic carbocycles. The summed E-state index contributed by atoms with van der Waals surface area (Å²) in [4.78, 5) is 11.8. The van der Waals surface area contributed by atoms with Gasteiger partial charge in [0.2, 0.25) is 5.91 Å². The molecule has 0 unspecified atom stereocenters. The van der Waals surface area contributed by atoms with E-state index in [0.717, 1.165) is 25.9 Å². The van der Waals surface area contributed by atoms with Gasteiger partial charge in [0.25, 0.3) is 0 Å². The zero-order valence-electron chi connectivity index (χ0n) is 11.5. The topological polar surface area (TPSA) is 59.0 Å². The van der Waals surface area contributed by atoms with E-state index in [1.807, 2.05) is 16.9 Å². The number of carbonyl (C=O) groups excluding carboxylic acids is 1. The summed E-state index contributed by atoms with van der Waals surface area (Å²) >= 11 is 0. The highest BCUT2D eigenvalue weighted by atomic mass is 16.1. The first-order chi connectivity index (χ1) is 9.34. The zero-order valence-corrected chi connectivity index (χ0v) is 11.5. The van der Waals surface area contributed by atoms with Crippen LogP contribution in [0.3, 0.4) is 0 Å². The average Bonchev–Trinajstić information content (AvgIpc) is 2.79. The molecule has 1 aromatic heterocycles. The predicted octanol–water partition coefficient (Wildman–Crippen LogP) is 1.31. The van der Waals surface area contributed by atoms with Crippen molar-refractivity contribution in [2.45, 2.75) is 51.1 Å². The van der Waals surface area contributed by atoms with Gasteiger partial charge in [-0.2, -0.15) is 5.10 Å². The number of amides is 1. The molecule has 1 amide bonds.